The Labute approximate surface area is 138 Å². The number of benzene rings is 1. The Morgan fingerprint density at radius 3 is 2.70 bits per heavy atom. The normalized spacial score (nSPS) is 10.9. The van der Waals surface area contributed by atoms with Crippen LogP contribution >= 0.6 is 0 Å². The van der Waals surface area contributed by atoms with Crippen LogP contribution < -0.4 is 5.43 Å². The summed E-state index contributed by atoms with van der Waals surface area (Å²) in [4.78, 5) is 12.6. The number of ether oxygens (including phenoxy) is 1. The summed E-state index contributed by atoms with van der Waals surface area (Å²) in [5, 5.41) is 0. The van der Waals surface area contributed by atoms with Gasteiger partial charge in [-0.3, -0.25) is 4.79 Å². The SMILES string of the molecule is CCCCCCc1cccc(-c2cn(C)cc(COC)c2=O)c1. The number of hydrogen-bond acceptors (Lipinski definition) is 2. The van der Waals surface area contributed by atoms with Gasteiger partial charge in [0.15, 0.2) is 5.43 Å². The Hall–Kier alpha value is -1.87. The van der Waals surface area contributed by atoms with Crippen LogP contribution in [-0.4, -0.2) is 11.7 Å². The Bertz CT molecular complexity index is 688. The van der Waals surface area contributed by atoms with E-state index in [4.69, 9.17) is 4.74 Å². The van der Waals surface area contributed by atoms with E-state index in [9.17, 15) is 4.79 Å². The van der Waals surface area contributed by atoms with Crippen molar-refractivity contribution in [2.75, 3.05) is 7.11 Å². The summed E-state index contributed by atoms with van der Waals surface area (Å²) in [6.45, 7) is 2.57. The fourth-order valence-corrected chi connectivity index (χ4v) is 2.89. The molecule has 1 heterocycles. The number of hydrogen-bond donors (Lipinski definition) is 0. The van der Waals surface area contributed by atoms with Crippen LogP contribution in [-0.2, 0) is 24.8 Å². The summed E-state index contributed by atoms with van der Waals surface area (Å²) in [6.07, 6.45) is 9.83. The molecule has 0 saturated carbocycles. The van der Waals surface area contributed by atoms with Crippen LogP contribution in [0.3, 0.4) is 0 Å². The van der Waals surface area contributed by atoms with E-state index in [-0.39, 0.29) is 5.43 Å². The van der Waals surface area contributed by atoms with Crippen LogP contribution in [0.1, 0.15) is 43.7 Å². The lowest BCUT2D eigenvalue weighted by Crippen LogP contribution is -2.15. The number of aryl methyl sites for hydroxylation is 2. The van der Waals surface area contributed by atoms with Crippen molar-refractivity contribution in [1.82, 2.24) is 4.57 Å². The van der Waals surface area contributed by atoms with Crippen LogP contribution in [0, 0.1) is 0 Å². The van der Waals surface area contributed by atoms with Crippen molar-refractivity contribution in [3.05, 3.63) is 58.0 Å². The molecule has 1 aromatic heterocycles. The van der Waals surface area contributed by atoms with Gasteiger partial charge in [-0.05, 0) is 24.0 Å². The highest BCUT2D eigenvalue weighted by Crippen LogP contribution is 2.19. The van der Waals surface area contributed by atoms with E-state index in [1.54, 1.807) is 7.11 Å². The molecule has 3 nitrogen and oxygen atoms in total. The molecule has 0 spiro atoms. The molecule has 0 radical (unpaired) electrons. The van der Waals surface area contributed by atoms with Crippen molar-refractivity contribution in [2.45, 2.75) is 45.6 Å². The van der Waals surface area contributed by atoms with Gasteiger partial charge < -0.3 is 9.30 Å². The summed E-state index contributed by atoms with van der Waals surface area (Å²) >= 11 is 0. The zero-order valence-corrected chi connectivity index (χ0v) is 14.5. The molecular formula is C20H27NO2. The summed E-state index contributed by atoms with van der Waals surface area (Å²) in [7, 11) is 3.56. The maximum absolute atomic E-state index is 12.6. The van der Waals surface area contributed by atoms with Crippen LogP contribution in [0.15, 0.2) is 41.5 Å². The van der Waals surface area contributed by atoms with Crippen LogP contribution in [0.25, 0.3) is 11.1 Å². The molecule has 0 atom stereocenters. The van der Waals surface area contributed by atoms with Crippen molar-refractivity contribution in [1.29, 1.82) is 0 Å². The number of methoxy groups -OCH3 is 1. The second-order valence-corrected chi connectivity index (χ2v) is 6.14. The van der Waals surface area contributed by atoms with Crippen molar-refractivity contribution in [2.24, 2.45) is 7.05 Å². The average molecular weight is 313 g/mol. The van der Waals surface area contributed by atoms with Crippen molar-refractivity contribution in [3.63, 3.8) is 0 Å². The molecule has 0 amide bonds. The van der Waals surface area contributed by atoms with E-state index >= 15 is 0 Å². The lowest BCUT2D eigenvalue weighted by atomic mass is 9.99. The molecule has 0 N–H and O–H groups in total. The number of pyridine rings is 1. The zero-order valence-electron chi connectivity index (χ0n) is 14.5. The molecule has 0 aliphatic carbocycles. The van der Waals surface area contributed by atoms with Gasteiger partial charge >= 0.3 is 0 Å². The standard InChI is InChI=1S/C20H27NO2/c1-4-5-6-7-9-16-10-8-11-17(12-16)19-14-21(2)13-18(15-23-3)20(19)22/h8,10-14H,4-7,9,15H2,1-3H3. The van der Waals surface area contributed by atoms with E-state index in [1.165, 1.54) is 31.2 Å². The first-order valence-corrected chi connectivity index (χ1v) is 8.43. The topological polar surface area (TPSA) is 31.2 Å². The molecule has 2 aromatic rings. The molecule has 0 aliphatic rings. The van der Waals surface area contributed by atoms with Gasteiger partial charge in [0.25, 0.3) is 0 Å². The minimum atomic E-state index is 0.0630. The molecule has 3 heteroatoms. The Balaban J connectivity index is 2.26. The Morgan fingerprint density at radius 1 is 1.13 bits per heavy atom. The first-order chi connectivity index (χ1) is 11.2. The lowest BCUT2D eigenvalue weighted by Gasteiger charge is -2.10. The molecular weight excluding hydrogens is 286 g/mol. The lowest BCUT2D eigenvalue weighted by molar-refractivity contribution is 0.183. The predicted octanol–water partition coefficient (Wildman–Crippen LogP) is 4.32. The number of rotatable bonds is 8. The second kappa shape index (κ2) is 8.68. The fraction of sp³-hybridized carbons (Fsp3) is 0.450. The van der Waals surface area contributed by atoms with Gasteiger partial charge in [-0.2, -0.15) is 0 Å². The van der Waals surface area contributed by atoms with E-state index in [1.807, 2.05) is 36.1 Å². The van der Waals surface area contributed by atoms with Gasteiger partial charge in [-0.25, -0.2) is 0 Å². The molecule has 124 valence electrons. The van der Waals surface area contributed by atoms with E-state index < -0.39 is 0 Å². The quantitative estimate of drug-likeness (QED) is 0.680. The molecule has 23 heavy (non-hydrogen) atoms. The molecule has 0 aliphatic heterocycles. The minimum absolute atomic E-state index is 0.0630. The third-order valence-corrected chi connectivity index (χ3v) is 4.09. The highest BCUT2D eigenvalue weighted by molar-refractivity contribution is 5.64. The minimum Gasteiger partial charge on any atom is -0.380 e. The van der Waals surface area contributed by atoms with Crippen molar-refractivity contribution >= 4 is 0 Å². The first-order valence-electron chi connectivity index (χ1n) is 8.43. The van der Waals surface area contributed by atoms with E-state index in [0.717, 1.165) is 17.5 Å². The predicted molar refractivity (Wildman–Crippen MR) is 95.7 cm³/mol. The third kappa shape index (κ3) is 4.80. The highest BCUT2D eigenvalue weighted by atomic mass is 16.5. The summed E-state index contributed by atoms with van der Waals surface area (Å²) < 4.78 is 7.07. The van der Waals surface area contributed by atoms with Gasteiger partial charge in [0.05, 0.1) is 6.61 Å². The summed E-state index contributed by atoms with van der Waals surface area (Å²) in [5.41, 5.74) is 3.81. The molecule has 0 saturated heterocycles. The summed E-state index contributed by atoms with van der Waals surface area (Å²) in [5.74, 6) is 0. The monoisotopic (exact) mass is 313 g/mol. The van der Waals surface area contributed by atoms with Gasteiger partial charge in [-0.15, -0.1) is 0 Å². The second-order valence-electron chi connectivity index (χ2n) is 6.14. The van der Waals surface area contributed by atoms with Crippen LogP contribution in [0.2, 0.25) is 0 Å². The molecule has 1 aromatic carbocycles. The Morgan fingerprint density at radius 2 is 1.96 bits per heavy atom. The third-order valence-electron chi connectivity index (χ3n) is 4.09. The van der Waals surface area contributed by atoms with Gasteiger partial charge in [-0.1, -0.05) is 50.5 Å². The van der Waals surface area contributed by atoms with Crippen LogP contribution in [0.4, 0.5) is 0 Å². The van der Waals surface area contributed by atoms with E-state index in [0.29, 0.717) is 12.2 Å². The molecule has 0 unspecified atom stereocenters. The van der Waals surface area contributed by atoms with Crippen molar-refractivity contribution in [3.8, 4) is 11.1 Å². The largest absolute Gasteiger partial charge is 0.380 e. The molecule has 0 fully saturated rings. The van der Waals surface area contributed by atoms with Crippen LogP contribution in [0.5, 0.6) is 0 Å². The maximum Gasteiger partial charge on any atom is 0.194 e. The fourth-order valence-electron chi connectivity index (χ4n) is 2.89. The Kier molecular flexibility index (Phi) is 6.60. The van der Waals surface area contributed by atoms with Gasteiger partial charge in [0.2, 0.25) is 0 Å². The average Bonchev–Trinajstić information content (AvgIpc) is 2.55. The number of unbranched alkanes of at least 4 members (excludes halogenated alkanes) is 3. The molecule has 2 rings (SSSR count). The number of nitrogens with zero attached hydrogens (tertiary/aromatic N) is 1. The zero-order chi connectivity index (χ0) is 16.7. The summed E-state index contributed by atoms with van der Waals surface area (Å²) in [6, 6.07) is 8.37. The van der Waals surface area contributed by atoms with Gasteiger partial charge in [0.1, 0.15) is 0 Å². The first kappa shape index (κ1) is 17.5. The molecule has 0 bridgehead atoms. The van der Waals surface area contributed by atoms with Gasteiger partial charge in [0, 0.05) is 37.7 Å². The highest BCUT2D eigenvalue weighted by Gasteiger charge is 2.09. The number of aromatic nitrogens is 1. The smallest absolute Gasteiger partial charge is 0.194 e. The van der Waals surface area contributed by atoms with Crippen molar-refractivity contribution < 1.29 is 4.74 Å². The van der Waals surface area contributed by atoms with E-state index in [2.05, 4.69) is 19.1 Å². The maximum atomic E-state index is 12.6.